The fourth-order valence-corrected chi connectivity index (χ4v) is 6.34. The summed E-state index contributed by atoms with van der Waals surface area (Å²) in [5.41, 5.74) is 8.75. The Balaban J connectivity index is 1.30. The predicted octanol–water partition coefficient (Wildman–Crippen LogP) is 11.3. The van der Waals surface area contributed by atoms with E-state index >= 15 is 0 Å². The molecule has 2 aromatic heterocycles. The van der Waals surface area contributed by atoms with E-state index in [1.54, 1.807) is 0 Å². The van der Waals surface area contributed by atoms with Crippen molar-refractivity contribution in [2.75, 3.05) is 0 Å². The Labute approximate surface area is 271 Å². The molecule has 0 spiro atoms. The van der Waals surface area contributed by atoms with E-state index in [1.807, 2.05) is 54.6 Å². The van der Waals surface area contributed by atoms with Gasteiger partial charge < -0.3 is 4.42 Å². The normalized spacial score (nSPS) is 11.4. The highest BCUT2D eigenvalue weighted by Gasteiger charge is 2.20. The van der Waals surface area contributed by atoms with Crippen molar-refractivity contribution in [3.05, 3.63) is 164 Å². The Morgan fingerprint density at radius 2 is 0.957 bits per heavy atom. The average Bonchev–Trinajstić information content (AvgIpc) is 3.53. The van der Waals surface area contributed by atoms with E-state index in [2.05, 4.69) is 109 Å². The smallest absolute Gasteiger partial charge is 0.167 e. The monoisotopic (exact) mass is 601 g/mol. The fraction of sp³-hybridized carbons (Fsp3) is 0. The zero-order chi connectivity index (χ0) is 31.2. The average molecular weight is 602 g/mol. The molecule has 4 nitrogen and oxygen atoms in total. The van der Waals surface area contributed by atoms with Gasteiger partial charge in [0, 0.05) is 21.9 Å². The number of fused-ring (bicyclic) bond motifs is 4. The number of benzene rings is 7. The van der Waals surface area contributed by atoms with Gasteiger partial charge in [0.15, 0.2) is 17.5 Å². The molecule has 220 valence electrons. The quantitative estimate of drug-likeness (QED) is 0.197. The lowest BCUT2D eigenvalue weighted by Crippen LogP contribution is -2.00. The fourth-order valence-electron chi connectivity index (χ4n) is 6.34. The second-order valence-electron chi connectivity index (χ2n) is 11.7. The number of hydrogen-bond donors (Lipinski definition) is 0. The van der Waals surface area contributed by atoms with Gasteiger partial charge in [-0.2, -0.15) is 0 Å². The molecule has 0 aliphatic rings. The van der Waals surface area contributed by atoms with Gasteiger partial charge >= 0.3 is 0 Å². The molecule has 0 unspecified atom stereocenters. The van der Waals surface area contributed by atoms with Gasteiger partial charge in [0.1, 0.15) is 11.2 Å². The van der Waals surface area contributed by atoms with E-state index in [1.165, 1.54) is 10.9 Å². The molecule has 0 saturated carbocycles. The van der Waals surface area contributed by atoms with Gasteiger partial charge in [-0.1, -0.05) is 133 Å². The molecule has 0 aliphatic carbocycles. The summed E-state index contributed by atoms with van der Waals surface area (Å²) in [6.07, 6.45) is 0. The van der Waals surface area contributed by atoms with E-state index in [9.17, 15) is 0 Å². The van der Waals surface area contributed by atoms with Crippen molar-refractivity contribution in [3.63, 3.8) is 0 Å². The molecule has 0 radical (unpaired) electrons. The number of aromatic nitrogens is 3. The second kappa shape index (κ2) is 11.2. The number of hydrogen-bond acceptors (Lipinski definition) is 4. The Morgan fingerprint density at radius 3 is 1.77 bits per heavy atom. The van der Waals surface area contributed by atoms with Crippen molar-refractivity contribution in [1.82, 2.24) is 15.0 Å². The van der Waals surface area contributed by atoms with Gasteiger partial charge in [-0.15, -0.1) is 0 Å². The molecule has 0 fully saturated rings. The number of nitrogens with zero attached hydrogens (tertiary/aromatic N) is 3. The van der Waals surface area contributed by atoms with Crippen LogP contribution in [0.3, 0.4) is 0 Å². The first-order valence-electron chi connectivity index (χ1n) is 15.7. The molecule has 7 aromatic carbocycles. The topological polar surface area (TPSA) is 51.8 Å². The lowest BCUT2D eigenvalue weighted by Gasteiger charge is -2.11. The summed E-state index contributed by atoms with van der Waals surface area (Å²) < 4.78 is 6.57. The second-order valence-corrected chi connectivity index (χ2v) is 11.7. The van der Waals surface area contributed by atoms with Crippen molar-refractivity contribution < 1.29 is 4.42 Å². The van der Waals surface area contributed by atoms with Crippen LogP contribution < -0.4 is 0 Å². The number of rotatable bonds is 5. The van der Waals surface area contributed by atoms with Gasteiger partial charge in [-0.25, -0.2) is 15.0 Å². The van der Waals surface area contributed by atoms with Crippen molar-refractivity contribution >= 4 is 32.7 Å². The summed E-state index contributed by atoms with van der Waals surface area (Å²) in [6, 6.07) is 56.4. The van der Waals surface area contributed by atoms with Gasteiger partial charge in [-0.3, -0.25) is 0 Å². The molecule has 0 bridgehead atoms. The van der Waals surface area contributed by atoms with Crippen LogP contribution in [-0.2, 0) is 0 Å². The third-order valence-corrected chi connectivity index (χ3v) is 8.70. The largest absolute Gasteiger partial charge is 0.455 e. The lowest BCUT2D eigenvalue weighted by atomic mass is 9.96. The minimum Gasteiger partial charge on any atom is -0.455 e. The van der Waals surface area contributed by atoms with E-state index in [0.717, 1.165) is 60.7 Å². The third kappa shape index (κ3) is 4.93. The van der Waals surface area contributed by atoms with E-state index in [0.29, 0.717) is 17.5 Å². The van der Waals surface area contributed by atoms with E-state index in [4.69, 9.17) is 19.4 Å². The molecule has 9 aromatic rings. The van der Waals surface area contributed by atoms with Gasteiger partial charge in [-0.05, 0) is 63.4 Å². The van der Waals surface area contributed by atoms with Crippen LogP contribution in [0.25, 0.3) is 89.1 Å². The molecule has 47 heavy (non-hydrogen) atoms. The zero-order valence-corrected chi connectivity index (χ0v) is 25.3. The molecule has 0 atom stereocenters. The summed E-state index contributed by atoms with van der Waals surface area (Å²) in [5, 5.41) is 4.38. The van der Waals surface area contributed by atoms with Crippen LogP contribution >= 0.6 is 0 Å². The first-order chi connectivity index (χ1) is 23.3. The lowest BCUT2D eigenvalue weighted by molar-refractivity contribution is 0.669. The highest BCUT2D eigenvalue weighted by molar-refractivity contribution is 6.11. The molecule has 0 aliphatic heterocycles. The third-order valence-electron chi connectivity index (χ3n) is 8.70. The van der Waals surface area contributed by atoms with Crippen LogP contribution in [0.5, 0.6) is 0 Å². The van der Waals surface area contributed by atoms with E-state index in [-0.39, 0.29) is 0 Å². The molecule has 4 heteroatoms. The first kappa shape index (κ1) is 27.0. The minimum absolute atomic E-state index is 0.562. The Bertz CT molecular complexity index is 2570. The summed E-state index contributed by atoms with van der Waals surface area (Å²) in [5.74, 6) is 1.78. The van der Waals surface area contributed by atoms with Crippen LogP contribution in [0.4, 0.5) is 0 Å². The summed E-state index contributed by atoms with van der Waals surface area (Å²) in [4.78, 5) is 15.2. The molecule has 0 saturated heterocycles. The van der Waals surface area contributed by atoms with Crippen LogP contribution in [-0.4, -0.2) is 15.0 Å². The Kier molecular flexibility index (Phi) is 6.43. The van der Waals surface area contributed by atoms with E-state index < -0.39 is 0 Å². The number of para-hydroxylation sites is 1. The summed E-state index contributed by atoms with van der Waals surface area (Å²) >= 11 is 0. The Hall–Kier alpha value is -6.39. The molecular formula is C43H27N3O. The molecular weight excluding hydrogens is 574 g/mol. The minimum atomic E-state index is 0.562. The molecule has 0 amide bonds. The molecule has 9 rings (SSSR count). The first-order valence-corrected chi connectivity index (χ1v) is 15.7. The van der Waals surface area contributed by atoms with Gasteiger partial charge in [0.2, 0.25) is 0 Å². The van der Waals surface area contributed by atoms with Crippen molar-refractivity contribution in [3.8, 4) is 56.4 Å². The van der Waals surface area contributed by atoms with Crippen LogP contribution in [0, 0.1) is 0 Å². The van der Waals surface area contributed by atoms with Crippen molar-refractivity contribution in [1.29, 1.82) is 0 Å². The zero-order valence-electron chi connectivity index (χ0n) is 25.3. The summed E-state index contributed by atoms with van der Waals surface area (Å²) in [6.45, 7) is 0. The maximum Gasteiger partial charge on any atom is 0.167 e. The van der Waals surface area contributed by atoms with Crippen molar-refractivity contribution in [2.24, 2.45) is 0 Å². The molecule has 2 heterocycles. The standard InChI is InChI=1S/C43H27N3O/c1-3-12-28(13-4-1)32-18-11-19-33(24-32)35-26-37-36-20-9-10-21-39(36)47-40(37)38(27-35)43-45-41(30-15-5-2-6-16-30)44-42(46-43)34-23-22-29-14-7-8-17-31(29)25-34/h1-27H. The van der Waals surface area contributed by atoms with Crippen molar-refractivity contribution in [2.45, 2.75) is 0 Å². The maximum atomic E-state index is 6.57. The highest BCUT2D eigenvalue weighted by atomic mass is 16.3. The highest BCUT2D eigenvalue weighted by Crippen LogP contribution is 2.40. The maximum absolute atomic E-state index is 6.57. The summed E-state index contributed by atoms with van der Waals surface area (Å²) in [7, 11) is 0. The predicted molar refractivity (Wildman–Crippen MR) is 192 cm³/mol. The van der Waals surface area contributed by atoms with Gasteiger partial charge in [0.05, 0.1) is 5.56 Å². The Morgan fingerprint density at radius 1 is 0.340 bits per heavy atom. The van der Waals surface area contributed by atoms with Crippen LogP contribution in [0.2, 0.25) is 0 Å². The van der Waals surface area contributed by atoms with Crippen LogP contribution in [0.15, 0.2) is 168 Å². The SMILES string of the molecule is c1ccc(-c2cccc(-c3cc(-c4nc(-c5ccccc5)nc(-c5ccc6ccccc6c5)n4)c4oc5ccccc5c4c3)c2)cc1. The number of furan rings is 1. The van der Waals surface area contributed by atoms with Gasteiger partial charge in [0.25, 0.3) is 0 Å². The molecule has 0 N–H and O–H groups in total. The van der Waals surface area contributed by atoms with Crippen LogP contribution in [0.1, 0.15) is 0 Å².